The molecule has 1 heterocycles. The molecule has 6 heteroatoms. The number of aliphatic imine (C=N–C) groups is 1. The number of likely N-dealkylation sites (tertiary alicyclic amines) is 1. The maximum Gasteiger partial charge on any atom is 0.410 e. The van der Waals surface area contributed by atoms with Gasteiger partial charge in [-0.15, -0.1) is 0 Å². The molecule has 1 saturated carbocycles. The van der Waals surface area contributed by atoms with E-state index in [1.165, 1.54) is 25.7 Å². The van der Waals surface area contributed by atoms with Crippen LogP contribution in [0.4, 0.5) is 4.79 Å². The number of hydrogen-bond acceptors (Lipinski definition) is 3. The molecule has 2 N–H and O–H groups in total. The number of ether oxygens (including phenoxy) is 1. The third-order valence-corrected chi connectivity index (χ3v) is 4.68. The molecule has 2 fully saturated rings. The number of guanidine groups is 1. The molecule has 1 aliphatic carbocycles. The highest BCUT2D eigenvalue weighted by Crippen LogP contribution is 2.20. The highest BCUT2D eigenvalue weighted by atomic mass is 16.6. The van der Waals surface area contributed by atoms with Gasteiger partial charge in [0.1, 0.15) is 5.60 Å². The van der Waals surface area contributed by atoms with Gasteiger partial charge >= 0.3 is 6.09 Å². The largest absolute Gasteiger partial charge is 0.444 e. The van der Waals surface area contributed by atoms with Gasteiger partial charge < -0.3 is 20.3 Å². The van der Waals surface area contributed by atoms with Crippen LogP contribution in [0.3, 0.4) is 0 Å². The molecule has 0 aromatic rings. The molecule has 0 radical (unpaired) electrons. The molecular weight excluding hydrogens is 304 g/mol. The Morgan fingerprint density at radius 2 is 1.83 bits per heavy atom. The Morgan fingerprint density at radius 3 is 2.46 bits per heavy atom. The quantitative estimate of drug-likeness (QED) is 0.613. The molecule has 138 valence electrons. The van der Waals surface area contributed by atoms with Gasteiger partial charge in [0.15, 0.2) is 5.96 Å². The molecule has 1 unspecified atom stereocenters. The van der Waals surface area contributed by atoms with Crippen LogP contribution in [-0.2, 0) is 4.74 Å². The number of rotatable bonds is 3. The van der Waals surface area contributed by atoms with Crippen LogP contribution in [-0.4, -0.2) is 54.8 Å². The van der Waals surface area contributed by atoms with Crippen molar-refractivity contribution in [2.24, 2.45) is 4.99 Å². The Hall–Kier alpha value is -1.46. The first kappa shape index (κ1) is 18.9. The highest BCUT2D eigenvalue weighted by molar-refractivity contribution is 5.80. The molecule has 2 aliphatic rings. The van der Waals surface area contributed by atoms with Gasteiger partial charge in [0.05, 0.1) is 6.04 Å². The molecule has 2 rings (SSSR count). The third kappa shape index (κ3) is 5.87. The van der Waals surface area contributed by atoms with Crippen molar-refractivity contribution in [1.29, 1.82) is 0 Å². The van der Waals surface area contributed by atoms with Crippen LogP contribution in [0.25, 0.3) is 0 Å². The monoisotopic (exact) mass is 338 g/mol. The fourth-order valence-electron chi connectivity index (χ4n) is 3.45. The Kier molecular flexibility index (Phi) is 6.75. The summed E-state index contributed by atoms with van der Waals surface area (Å²) >= 11 is 0. The van der Waals surface area contributed by atoms with Crippen LogP contribution in [0.2, 0.25) is 0 Å². The third-order valence-electron chi connectivity index (χ3n) is 4.68. The Balaban J connectivity index is 1.86. The number of carbonyl (C=O) groups excluding carboxylic acids is 1. The Morgan fingerprint density at radius 1 is 1.17 bits per heavy atom. The minimum absolute atomic E-state index is 0.163. The zero-order chi connectivity index (χ0) is 17.6. The number of nitrogens with zero attached hydrogens (tertiary/aromatic N) is 2. The van der Waals surface area contributed by atoms with Gasteiger partial charge in [-0.3, -0.25) is 4.99 Å². The van der Waals surface area contributed by atoms with Crippen molar-refractivity contribution in [3.8, 4) is 0 Å². The SMILES string of the molecule is CN=C(NCC1CCCCN1C(=O)OC(C)(C)C)NC1CCCC1. The molecule has 1 atom stereocenters. The van der Waals surface area contributed by atoms with Crippen LogP contribution in [0.5, 0.6) is 0 Å². The van der Waals surface area contributed by atoms with E-state index in [-0.39, 0.29) is 12.1 Å². The normalized spacial score (nSPS) is 23.2. The van der Waals surface area contributed by atoms with Gasteiger partial charge in [-0.05, 0) is 52.9 Å². The van der Waals surface area contributed by atoms with Crippen LogP contribution in [0, 0.1) is 0 Å². The fourth-order valence-corrected chi connectivity index (χ4v) is 3.45. The van der Waals surface area contributed by atoms with Crippen LogP contribution >= 0.6 is 0 Å². The van der Waals surface area contributed by atoms with E-state index in [1.807, 2.05) is 25.7 Å². The maximum atomic E-state index is 12.4. The second-order valence-corrected chi connectivity index (χ2v) is 7.90. The summed E-state index contributed by atoms with van der Waals surface area (Å²) in [7, 11) is 1.80. The van der Waals surface area contributed by atoms with Gasteiger partial charge in [-0.2, -0.15) is 0 Å². The summed E-state index contributed by atoms with van der Waals surface area (Å²) in [5.41, 5.74) is -0.452. The lowest BCUT2D eigenvalue weighted by Crippen LogP contribution is -2.53. The van der Waals surface area contributed by atoms with E-state index in [1.54, 1.807) is 7.05 Å². The summed E-state index contributed by atoms with van der Waals surface area (Å²) in [5, 5.41) is 6.89. The maximum absolute atomic E-state index is 12.4. The lowest BCUT2D eigenvalue weighted by molar-refractivity contribution is 0.0104. The molecular formula is C18H34N4O2. The average Bonchev–Trinajstić information content (AvgIpc) is 3.03. The summed E-state index contributed by atoms with van der Waals surface area (Å²) in [5.74, 6) is 0.844. The van der Waals surface area contributed by atoms with Crippen molar-refractivity contribution in [1.82, 2.24) is 15.5 Å². The second kappa shape index (κ2) is 8.58. The molecule has 0 bridgehead atoms. The highest BCUT2D eigenvalue weighted by Gasteiger charge is 2.30. The van der Waals surface area contributed by atoms with Crippen LogP contribution < -0.4 is 10.6 Å². The Labute approximate surface area is 146 Å². The van der Waals surface area contributed by atoms with E-state index in [0.29, 0.717) is 12.6 Å². The van der Waals surface area contributed by atoms with Crippen molar-refractivity contribution >= 4 is 12.1 Å². The fraction of sp³-hybridized carbons (Fsp3) is 0.889. The Bertz CT molecular complexity index is 439. The summed E-state index contributed by atoms with van der Waals surface area (Å²) < 4.78 is 5.56. The number of carbonyl (C=O) groups is 1. The number of amides is 1. The molecule has 1 saturated heterocycles. The smallest absolute Gasteiger partial charge is 0.410 e. The van der Waals surface area contributed by atoms with Crippen molar-refractivity contribution < 1.29 is 9.53 Å². The van der Waals surface area contributed by atoms with E-state index in [9.17, 15) is 4.79 Å². The van der Waals surface area contributed by atoms with Gasteiger partial charge in [0.25, 0.3) is 0 Å². The molecule has 1 amide bonds. The summed E-state index contributed by atoms with van der Waals surface area (Å²) in [6, 6.07) is 0.695. The topological polar surface area (TPSA) is 66.0 Å². The van der Waals surface area contributed by atoms with Gasteiger partial charge in [-0.25, -0.2) is 4.79 Å². The first-order valence-corrected chi connectivity index (χ1v) is 9.36. The van der Waals surface area contributed by atoms with E-state index in [4.69, 9.17) is 4.74 Å². The predicted molar refractivity (Wildman–Crippen MR) is 97.3 cm³/mol. The van der Waals surface area contributed by atoms with Crippen LogP contribution in [0.1, 0.15) is 65.7 Å². The average molecular weight is 338 g/mol. The number of piperidine rings is 1. The summed E-state index contributed by atoms with van der Waals surface area (Å²) in [6.45, 7) is 7.22. The van der Waals surface area contributed by atoms with E-state index in [2.05, 4.69) is 15.6 Å². The molecule has 0 aromatic heterocycles. The van der Waals surface area contributed by atoms with Gasteiger partial charge in [0.2, 0.25) is 0 Å². The standard InChI is InChI=1S/C18H34N4O2/c1-18(2,3)24-17(23)22-12-8-7-11-15(22)13-20-16(19-4)21-14-9-5-6-10-14/h14-15H,5-13H2,1-4H3,(H2,19,20,21). The first-order chi connectivity index (χ1) is 11.4. The summed E-state index contributed by atoms with van der Waals surface area (Å²) in [6.07, 6.45) is 8.03. The van der Waals surface area contributed by atoms with E-state index >= 15 is 0 Å². The lowest BCUT2D eigenvalue weighted by atomic mass is 10.0. The van der Waals surface area contributed by atoms with Gasteiger partial charge in [-0.1, -0.05) is 12.8 Å². The number of hydrogen-bond donors (Lipinski definition) is 2. The second-order valence-electron chi connectivity index (χ2n) is 7.90. The minimum Gasteiger partial charge on any atom is -0.444 e. The van der Waals surface area contributed by atoms with Crippen molar-refractivity contribution in [2.75, 3.05) is 20.1 Å². The van der Waals surface area contributed by atoms with Crippen molar-refractivity contribution in [3.05, 3.63) is 0 Å². The van der Waals surface area contributed by atoms with Crippen molar-refractivity contribution in [3.63, 3.8) is 0 Å². The zero-order valence-electron chi connectivity index (χ0n) is 15.7. The zero-order valence-corrected chi connectivity index (χ0v) is 15.7. The van der Waals surface area contributed by atoms with Crippen molar-refractivity contribution in [2.45, 2.75) is 83.4 Å². The van der Waals surface area contributed by atoms with E-state index < -0.39 is 5.60 Å². The number of nitrogens with one attached hydrogen (secondary N) is 2. The van der Waals surface area contributed by atoms with Crippen LogP contribution in [0.15, 0.2) is 4.99 Å². The molecule has 24 heavy (non-hydrogen) atoms. The molecule has 6 nitrogen and oxygen atoms in total. The predicted octanol–water partition coefficient (Wildman–Crippen LogP) is 2.88. The lowest BCUT2D eigenvalue weighted by Gasteiger charge is -2.37. The first-order valence-electron chi connectivity index (χ1n) is 9.36. The summed E-state index contributed by atoms with van der Waals surface area (Å²) in [4.78, 5) is 18.7. The molecule has 1 aliphatic heterocycles. The molecule has 0 spiro atoms. The van der Waals surface area contributed by atoms with E-state index in [0.717, 1.165) is 31.8 Å². The minimum atomic E-state index is -0.452. The van der Waals surface area contributed by atoms with Gasteiger partial charge in [0, 0.05) is 26.2 Å². The molecule has 0 aromatic carbocycles.